The largest absolute Gasteiger partial charge is 0.481 e. The third-order valence-corrected chi connectivity index (χ3v) is 2.97. The number of hydrogen-bond donors (Lipinski definition) is 1. The fraction of sp³-hybridized carbons (Fsp3) is 0.357. The summed E-state index contributed by atoms with van der Waals surface area (Å²) < 4.78 is 5.20. The highest BCUT2D eigenvalue weighted by Crippen LogP contribution is 2.19. The number of nitrogens with zero attached hydrogens (tertiary/aromatic N) is 3. The second-order valence-electron chi connectivity index (χ2n) is 4.71. The lowest BCUT2D eigenvalue weighted by molar-refractivity contribution is -0.137. The van der Waals surface area contributed by atoms with Crippen molar-refractivity contribution in [3.05, 3.63) is 35.7 Å². The van der Waals surface area contributed by atoms with Gasteiger partial charge >= 0.3 is 5.97 Å². The van der Waals surface area contributed by atoms with E-state index in [1.807, 2.05) is 43.1 Å². The SMILES string of the molecule is Cc1ccccc1-c1noc(CN(C)CCC(=O)O)n1. The Morgan fingerprint density at radius 2 is 2.15 bits per heavy atom. The molecule has 0 spiro atoms. The van der Waals surface area contributed by atoms with Crippen molar-refractivity contribution in [1.29, 1.82) is 0 Å². The minimum atomic E-state index is -0.817. The van der Waals surface area contributed by atoms with Gasteiger partial charge < -0.3 is 9.63 Å². The van der Waals surface area contributed by atoms with Crippen LogP contribution in [0, 0.1) is 6.92 Å². The normalized spacial score (nSPS) is 10.9. The highest BCUT2D eigenvalue weighted by Gasteiger charge is 2.12. The molecule has 0 fully saturated rings. The lowest BCUT2D eigenvalue weighted by atomic mass is 10.1. The Labute approximate surface area is 117 Å². The van der Waals surface area contributed by atoms with E-state index in [4.69, 9.17) is 9.63 Å². The fourth-order valence-corrected chi connectivity index (χ4v) is 1.85. The number of aromatic nitrogens is 2. The minimum Gasteiger partial charge on any atom is -0.481 e. The van der Waals surface area contributed by atoms with Gasteiger partial charge in [-0.1, -0.05) is 29.4 Å². The number of carboxylic acid groups (broad SMARTS) is 1. The minimum absolute atomic E-state index is 0.0925. The molecule has 0 saturated carbocycles. The van der Waals surface area contributed by atoms with Crippen LogP contribution in [0.4, 0.5) is 0 Å². The summed E-state index contributed by atoms with van der Waals surface area (Å²) in [5, 5.41) is 12.6. The number of hydrogen-bond acceptors (Lipinski definition) is 5. The van der Waals surface area contributed by atoms with Crippen LogP contribution in [0.1, 0.15) is 17.9 Å². The maximum absolute atomic E-state index is 10.5. The number of benzene rings is 1. The second-order valence-corrected chi connectivity index (χ2v) is 4.71. The zero-order valence-electron chi connectivity index (χ0n) is 11.5. The average Bonchev–Trinajstić information content (AvgIpc) is 2.85. The Hall–Kier alpha value is -2.21. The average molecular weight is 275 g/mol. The number of aliphatic carboxylic acids is 1. The molecule has 0 aliphatic heterocycles. The molecule has 0 radical (unpaired) electrons. The van der Waals surface area contributed by atoms with E-state index in [9.17, 15) is 4.79 Å². The zero-order valence-corrected chi connectivity index (χ0v) is 11.5. The molecule has 1 heterocycles. The smallest absolute Gasteiger partial charge is 0.304 e. The maximum Gasteiger partial charge on any atom is 0.304 e. The van der Waals surface area contributed by atoms with Gasteiger partial charge in [0.25, 0.3) is 0 Å². The monoisotopic (exact) mass is 275 g/mol. The summed E-state index contributed by atoms with van der Waals surface area (Å²) in [6, 6.07) is 7.82. The molecule has 0 aliphatic rings. The van der Waals surface area contributed by atoms with E-state index in [2.05, 4.69) is 10.1 Å². The standard InChI is InChI=1S/C14H17N3O3/c1-10-5-3-4-6-11(10)14-15-12(20-16-14)9-17(2)8-7-13(18)19/h3-6H,7-9H2,1-2H3,(H,18,19). The van der Waals surface area contributed by atoms with Gasteiger partial charge in [-0.3, -0.25) is 9.69 Å². The highest BCUT2D eigenvalue weighted by atomic mass is 16.5. The molecule has 0 saturated heterocycles. The molecular weight excluding hydrogens is 258 g/mol. The Morgan fingerprint density at radius 3 is 2.85 bits per heavy atom. The molecule has 20 heavy (non-hydrogen) atoms. The van der Waals surface area contributed by atoms with Crippen molar-refractivity contribution < 1.29 is 14.4 Å². The van der Waals surface area contributed by atoms with E-state index in [-0.39, 0.29) is 6.42 Å². The molecule has 0 atom stereocenters. The summed E-state index contributed by atoms with van der Waals surface area (Å²) in [5.74, 6) is 0.226. The number of carbonyl (C=O) groups is 1. The van der Waals surface area contributed by atoms with Crippen LogP contribution in [0.3, 0.4) is 0 Å². The van der Waals surface area contributed by atoms with Gasteiger partial charge in [-0.25, -0.2) is 0 Å². The van der Waals surface area contributed by atoms with Crippen LogP contribution in [0.15, 0.2) is 28.8 Å². The van der Waals surface area contributed by atoms with Crippen LogP contribution in [-0.4, -0.2) is 39.7 Å². The van der Waals surface area contributed by atoms with Crippen molar-refractivity contribution in [3.8, 4) is 11.4 Å². The highest BCUT2D eigenvalue weighted by molar-refractivity contribution is 5.66. The van der Waals surface area contributed by atoms with E-state index < -0.39 is 5.97 Å². The molecular formula is C14H17N3O3. The van der Waals surface area contributed by atoms with Crippen LogP contribution >= 0.6 is 0 Å². The topological polar surface area (TPSA) is 79.5 Å². The Kier molecular flexibility index (Phi) is 4.47. The third-order valence-electron chi connectivity index (χ3n) is 2.97. The van der Waals surface area contributed by atoms with Gasteiger partial charge in [-0.15, -0.1) is 0 Å². The molecule has 1 aromatic carbocycles. The predicted molar refractivity (Wildman–Crippen MR) is 73.1 cm³/mol. The van der Waals surface area contributed by atoms with Crippen molar-refractivity contribution in [3.63, 3.8) is 0 Å². The second kappa shape index (κ2) is 6.29. The summed E-state index contributed by atoms with van der Waals surface area (Å²) >= 11 is 0. The van der Waals surface area contributed by atoms with Crippen molar-refractivity contribution in [2.45, 2.75) is 19.9 Å². The van der Waals surface area contributed by atoms with Crippen molar-refractivity contribution >= 4 is 5.97 Å². The Balaban J connectivity index is 2.02. The molecule has 0 amide bonds. The molecule has 2 rings (SSSR count). The van der Waals surface area contributed by atoms with Gasteiger partial charge in [0.2, 0.25) is 11.7 Å². The van der Waals surface area contributed by atoms with Crippen LogP contribution in [0.25, 0.3) is 11.4 Å². The van der Waals surface area contributed by atoms with Crippen LogP contribution in [0.5, 0.6) is 0 Å². The predicted octanol–water partition coefficient (Wildman–Crippen LogP) is 1.95. The van der Waals surface area contributed by atoms with E-state index in [0.29, 0.717) is 24.8 Å². The quantitative estimate of drug-likeness (QED) is 0.868. The molecule has 6 nitrogen and oxygen atoms in total. The molecule has 0 aliphatic carbocycles. The van der Waals surface area contributed by atoms with Crippen molar-refractivity contribution in [2.24, 2.45) is 0 Å². The third kappa shape index (κ3) is 3.64. The van der Waals surface area contributed by atoms with Gasteiger partial charge in [0.15, 0.2) is 0 Å². The van der Waals surface area contributed by atoms with Crippen molar-refractivity contribution in [1.82, 2.24) is 15.0 Å². The molecule has 0 bridgehead atoms. The lowest BCUT2D eigenvalue weighted by Crippen LogP contribution is -2.21. The Bertz CT molecular complexity index is 595. The molecule has 106 valence electrons. The first kappa shape index (κ1) is 14.2. The van der Waals surface area contributed by atoms with E-state index in [0.717, 1.165) is 11.1 Å². The van der Waals surface area contributed by atoms with Crippen LogP contribution in [-0.2, 0) is 11.3 Å². The summed E-state index contributed by atoms with van der Waals surface area (Å²) in [4.78, 5) is 16.7. The first-order valence-electron chi connectivity index (χ1n) is 6.35. The maximum atomic E-state index is 10.5. The van der Waals surface area contributed by atoms with Gasteiger partial charge in [-0.05, 0) is 19.5 Å². The van der Waals surface area contributed by atoms with Gasteiger partial charge in [0.1, 0.15) is 0 Å². The number of rotatable bonds is 6. The molecule has 1 aromatic heterocycles. The van der Waals surface area contributed by atoms with Crippen molar-refractivity contribution in [2.75, 3.05) is 13.6 Å². The van der Waals surface area contributed by atoms with Gasteiger partial charge in [0, 0.05) is 12.1 Å². The Morgan fingerprint density at radius 1 is 1.40 bits per heavy atom. The molecule has 0 unspecified atom stereocenters. The lowest BCUT2D eigenvalue weighted by Gasteiger charge is -2.11. The molecule has 1 N–H and O–H groups in total. The first-order valence-corrected chi connectivity index (χ1v) is 6.35. The summed E-state index contributed by atoms with van der Waals surface area (Å²) in [6.45, 7) is 2.87. The number of aryl methyl sites for hydroxylation is 1. The van der Waals surface area contributed by atoms with Crippen LogP contribution in [0.2, 0.25) is 0 Å². The molecule has 6 heteroatoms. The summed E-state index contributed by atoms with van der Waals surface area (Å²) in [5.41, 5.74) is 2.02. The summed E-state index contributed by atoms with van der Waals surface area (Å²) in [6.07, 6.45) is 0.0925. The van der Waals surface area contributed by atoms with E-state index in [1.54, 1.807) is 0 Å². The number of carboxylic acids is 1. The van der Waals surface area contributed by atoms with E-state index in [1.165, 1.54) is 0 Å². The van der Waals surface area contributed by atoms with E-state index >= 15 is 0 Å². The zero-order chi connectivity index (χ0) is 14.5. The molecule has 2 aromatic rings. The van der Waals surface area contributed by atoms with Gasteiger partial charge in [0.05, 0.1) is 13.0 Å². The summed E-state index contributed by atoms with van der Waals surface area (Å²) in [7, 11) is 1.82. The first-order chi connectivity index (χ1) is 9.56. The fourth-order valence-electron chi connectivity index (χ4n) is 1.85. The van der Waals surface area contributed by atoms with Gasteiger partial charge in [-0.2, -0.15) is 4.98 Å². The van der Waals surface area contributed by atoms with Crippen LogP contribution < -0.4 is 0 Å².